The average molecular weight is 243 g/mol. The highest BCUT2D eigenvalue weighted by atomic mass is 16.4. The van der Waals surface area contributed by atoms with Gasteiger partial charge in [-0.05, 0) is 32.2 Å². The standard InChI is InChI=1S/C13H25NO3/c1-9(2)8-11(13(16)17)14(3)10-6-4-5-7-12(10)15/h9-12,15H,4-8H2,1-3H3,(H,16,17). The predicted molar refractivity (Wildman–Crippen MR) is 66.9 cm³/mol. The molecule has 1 aliphatic carbocycles. The van der Waals surface area contributed by atoms with Crippen LogP contribution in [0, 0.1) is 5.92 Å². The van der Waals surface area contributed by atoms with Crippen LogP contribution in [0.5, 0.6) is 0 Å². The molecular weight excluding hydrogens is 218 g/mol. The molecule has 1 rings (SSSR count). The molecule has 1 fully saturated rings. The average Bonchev–Trinajstić information content (AvgIpc) is 2.25. The van der Waals surface area contributed by atoms with Crippen LogP contribution < -0.4 is 0 Å². The Bertz CT molecular complexity index is 255. The zero-order valence-corrected chi connectivity index (χ0v) is 11.1. The summed E-state index contributed by atoms with van der Waals surface area (Å²) < 4.78 is 0. The van der Waals surface area contributed by atoms with Crippen LogP contribution in [0.25, 0.3) is 0 Å². The minimum Gasteiger partial charge on any atom is -0.480 e. The van der Waals surface area contributed by atoms with Gasteiger partial charge in [0.05, 0.1) is 6.10 Å². The van der Waals surface area contributed by atoms with Crippen LogP contribution in [0.2, 0.25) is 0 Å². The number of nitrogens with zero attached hydrogens (tertiary/aromatic N) is 1. The Hall–Kier alpha value is -0.610. The van der Waals surface area contributed by atoms with Gasteiger partial charge in [-0.2, -0.15) is 0 Å². The van der Waals surface area contributed by atoms with Gasteiger partial charge in [-0.1, -0.05) is 26.7 Å². The fourth-order valence-corrected chi connectivity index (χ4v) is 2.69. The predicted octanol–water partition coefficient (Wildman–Crippen LogP) is 1.72. The lowest BCUT2D eigenvalue weighted by atomic mass is 9.89. The minimum absolute atomic E-state index is 0.00333. The summed E-state index contributed by atoms with van der Waals surface area (Å²) in [6, 6.07) is -0.476. The number of hydrogen-bond donors (Lipinski definition) is 2. The van der Waals surface area contributed by atoms with Crippen molar-refractivity contribution < 1.29 is 15.0 Å². The molecule has 1 aliphatic rings. The van der Waals surface area contributed by atoms with E-state index in [9.17, 15) is 15.0 Å². The highest BCUT2D eigenvalue weighted by Crippen LogP contribution is 2.25. The molecule has 17 heavy (non-hydrogen) atoms. The number of carboxylic acid groups (broad SMARTS) is 1. The first-order valence-electron chi connectivity index (χ1n) is 6.56. The number of carboxylic acids is 1. The van der Waals surface area contributed by atoms with Gasteiger partial charge >= 0.3 is 5.97 Å². The first-order chi connectivity index (χ1) is 7.93. The zero-order valence-electron chi connectivity index (χ0n) is 11.1. The molecule has 4 nitrogen and oxygen atoms in total. The van der Waals surface area contributed by atoms with Gasteiger partial charge in [0.2, 0.25) is 0 Å². The van der Waals surface area contributed by atoms with Crippen molar-refractivity contribution in [1.82, 2.24) is 4.90 Å². The fourth-order valence-electron chi connectivity index (χ4n) is 2.69. The number of hydrogen-bond acceptors (Lipinski definition) is 3. The van der Waals surface area contributed by atoms with Crippen molar-refractivity contribution in [2.45, 2.75) is 64.1 Å². The quantitative estimate of drug-likeness (QED) is 0.772. The lowest BCUT2D eigenvalue weighted by Crippen LogP contribution is -2.51. The van der Waals surface area contributed by atoms with E-state index < -0.39 is 12.0 Å². The molecule has 0 amide bonds. The molecule has 0 spiro atoms. The van der Waals surface area contributed by atoms with Gasteiger partial charge in [-0.15, -0.1) is 0 Å². The van der Waals surface area contributed by atoms with E-state index in [1.165, 1.54) is 0 Å². The molecule has 4 heteroatoms. The van der Waals surface area contributed by atoms with Crippen LogP contribution in [0.15, 0.2) is 0 Å². The number of aliphatic carboxylic acids is 1. The molecule has 3 unspecified atom stereocenters. The first kappa shape index (κ1) is 14.5. The van der Waals surface area contributed by atoms with E-state index in [0.717, 1.165) is 25.7 Å². The van der Waals surface area contributed by atoms with Crippen LogP contribution in [-0.4, -0.2) is 46.3 Å². The van der Waals surface area contributed by atoms with Crippen LogP contribution in [0.3, 0.4) is 0 Å². The molecule has 2 N–H and O–H groups in total. The van der Waals surface area contributed by atoms with E-state index in [-0.39, 0.29) is 12.1 Å². The molecule has 0 aliphatic heterocycles. The first-order valence-corrected chi connectivity index (χ1v) is 6.56. The third-order valence-electron chi connectivity index (χ3n) is 3.69. The molecule has 0 aromatic heterocycles. The van der Waals surface area contributed by atoms with Crippen LogP contribution in [0.1, 0.15) is 46.0 Å². The SMILES string of the molecule is CC(C)CC(C(=O)O)N(C)C1CCCCC1O. The molecule has 0 heterocycles. The molecule has 100 valence electrons. The minimum atomic E-state index is -0.779. The Balaban J connectivity index is 2.68. The Kier molecular flexibility index (Phi) is 5.40. The van der Waals surface area contributed by atoms with E-state index >= 15 is 0 Å². The van der Waals surface area contributed by atoms with Crippen LogP contribution >= 0.6 is 0 Å². The van der Waals surface area contributed by atoms with Crippen molar-refractivity contribution in [3.63, 3.8) is 0 Å². The molecule has 0 saturated heterocycles. The number of aliphatic hydroxyl groups excluding tert-OH is 1. The van der Waals surface area contributed by atoms with Gasteiger partial charge in [0.15, 0.2) is 0 Å². The third kappa shape index (κ3) is 3.96. The second-order valence-electron chi connectivity index (χ2n) is 5.57. The summed E-state index contributed by atoms with van der Waals surface area (Å²) in [6.45, 7) is 4.06. The van der Waals surface area contributed by atoms with E-state index in [0.29, 0.717) is 12.3 Å². The highest BCUT2D eigenvalue weighted by molar-refractivity contribution is 5.73. The van der Waals surface area contributed by atoms with Gasteiger partial charge < -0.3 is 10.2 Å². The van der Waals surface area contributed by atoms with Gasteiger partial charge in [0.1, 0.15) is 6.04 Å². The largest absolute Gasteiger partial charge is 0.480 e. The van der Waals surface area contributed by atoms with Crippen LogP contribution in [-0.2, 0) is 4.79 Å². The van der Waals surface area contributed by atoms with E-state index in [1.54, 1.807) is 0 Å². The van der Waals surface area contributed by atoms with Crippen molar-refractivity contribution >= 4 is 5.97 Å². The monoisotopic (exact) mass is 243 g/mol. The third-order valence-corrected chi connectivity index (χ3v) is 3.69. The maximum atomic E-state index is 11.3. The zero-order chi connectivity index (χ0) is 13.0. The topological polar surface area (TPSA) is 60.8 Å². The van der Waals surface area contributed by atoms with Gasteiger partial charge in [-0.25, -0.2) is 0 Å². The van der Waals surface area contributed by atoms with Crippen LogP contribution in [0.4, 0.5) is 0 Å². The highest BCUT2D eigenvalue weighted by Gasteiger charge is 2.33. The maximum absolute atomic E-state index is 11.3. The molecular formula is C13H25NO3. The summed E-state index contributed by atoms with van der Waals surface area (Å²) in [5.41, 5.74) is 0. The van der Waals surface area contributed by atoms with Crippen molar-refractivity contribution in [2.75, 3.05) is 7.05 Å². The summed E-state index contributed by atoms with van der Waals surface area (Å²) in [5, 5.41) is 19.3. The number of likely N-dealkylation sites (N-methyl/N-ethyl adjacent to an activating group) is 1. The van der Waals surface area contributed by atoms with Crippen molar-refractivity contribution in [1.29, 1.82) is 0 Å². The molecule has 0 radical (unpaired) electrons. The normalized spacial score (nSPS) is 27.4. The molecule has 0 bridgehead atoms. The summed E-state index contributed by atoms with van der Waals surface area (Å²) in [4.78, 5) is 13.2. The van der Waals surface area contributed by atoms with Crippen molar-refractivity contribution in [2.24, 2.45) is 5.92 Å². The number of aliphatic hydroxyl groups is 1. The number of carbonyl (C=O) groups is 1. The second-order valence-corrected chi connectivity index (χ2v) is 5.57. The summed E-state index contributed by atoms with van der Waals surface area (Å²) in [5.74, 6) is -0.432. The van der Waals surface area contributed by atoms with Gasteiger partial charge in [0.25, 0.3) is 0 Å². The Morgan fingerprint density at radius 2 is 1.94 bits per heavy atom. The number of rotatable bonds is 5. The summed E-state index contributed by atoms with van der Waals surface area (Å²) in [6.07, 6.45) is 4.09. The van der Waals surface area contributed by atoms with E-state index in [2.05, 4.69) is 0 Å². The Labute approximate surface area is 104 Å². The molecule has 0 aromatic rings. The van der Waals surface area contributed by atoms with E-state index in [1.807, 2.05) is 25.8 Å². The summed E-state index contributed by atoms with van der Waals surface area (Å²) >= 11 is 0. The van der Waals surface area contributed by atoms with E-state index in [4.69, 9.17) is 0 Å². The van der Waals surface area contributed by atoms with Crippen molar-refractivity contribution in [3.05, 3.63) is 0 Å². The smallest absolute Gasteiger partial charge is 0.320 e. The molecule has 1 saturated carbocycles. The maximum Gasteiger partial charge on any atom is 0.320 e. The Morgan fingerprint density at radius 3 is 2.41 bits per heavy atom. The van der Waals surface area contributed by atoms with Gasteiger partial charge in [0, 0.05) is 6.04 Å². The Morgan fingerprint density at radius 1 is 1.35 bits per heavy atom. The fraction of sp³-hybridized carbons (Fsp3) is 0.923. The second kappa shape index (κ2) is 6.36. The van der Waals surface area contributed by atoms with Gasteiger partial charge in [-0.3, -0.25) is 9.69 Å². The molecule has 3 atom stereocenters. The molecule has 0 aromatic carbocycles. The lowest BCUT2D eigenvalue weighted by molar-refractivity contribution is -0.145. The summed E-state index contributed by atoms with van der Waals surface area (Å²) in [7, 11) is 1.83. The van der Waals surface area contributed by atoms with Crippen molar-refractivity contribution in [3.8, 4) is 0 Å². The lowest BCUT2D eigenvalue weighted by Gasteiger charge is -2.38.